The van der Waals surface area contributed by atoms with E-state index in [0.717, 1.165) is 38.7 Å². The number of thiazole rings is 1. The average Bonchev–Trinajstić information content (AvgIpc) is 2.94. The minimum atomic E-state index is 0.452. The van der Waals surface area contributed by atoms with E-state index in [1.54, 1.807) is 17.5 Å². The molecule has 0 spiro atoms. The van der Waals surface area contributed by atoms with E-state index in [0.29, 0.717) is 6.04 Å². The van der Waals surface area contributed by atoms with E-state index < -0.39 is 0 Å². The topological polar surface area (TPSA) is 37.8 Å². The van der Waals surface area contributed by atoms with Crippen LogP contribution in [0.15, 0.2) is 35.8 Å². The van der Waals surface area contributed by atoms with Gasteiger partial charge in [0.15, 0.2) is 0 Å². The van der Waals surface area contributed by atoms with Gasteiger partial charge in [-0.1, -0.05) is 25.4 Å². The maximum absolute atomic E-state index is 6.24. The summed E-state index contributed by atoms with van der Waals surface area (Å²) in [5.41, 5.74) is 3.00. The minimum absolute atomic E-state index is 0.452. The first-order chi connectivity index (χ1) is 10.1. The third kappa shape index (κ3) is 3.07. The van der Waals surface area contributed by atoms with Crippen LogP contribution in [0.1, 0.15) is 19.5 Å². The first-order valence-corrected chi connectivity index (χ1v) is 8.12. The maximum atomic E-state index is 6.24. The van der Waals surface area contributed by atoms with E-state index in [2.05, 4.69) is 29.5 Å². The van der Waals surface area contributed by atoms with E-state index in [9.17, 15) is 0 Å². The third-order valence-electron chi connectivity index (χ3n) is 3.19. The van der Waals surface area contributed by atoms with Gasteiger partial charge in [0, 0.05) is 35.1 Å². The number of hydrogen-bond donors (Lipinski definition) is 1. The van der Waals surface area contributed by atoms with Crippen LogP contribution < -0.4 is 5.32 Å². The van der Waals surface area contributed by atoms with Crippen LogP contribution >= 0.6 is 22.9 Å². The zero-order valence-electron chi connectivity index (χ0n) is 11.9. The summed E-state index contributed by atoms with van der Waals surface area (Å²) in [6.07, 6.45) is 1.79. The van der Waals surface area contributed by atoms with Gasteiger partial charge in [-0.2, -0.15) is 0 Å². The van der Waals surface area contributed by atoms with Crippen LogP contribution in [0.5, 0.6) is 0 Å². The maximum Gasteiger partial charge on any atom is 0.125 e. The molecule has 0 amide bonds. The van der Waals surface area contributed by atoms with Crippen molar-refractivity contribution in [3.05, 3.63) is 46.6 Å². The Kier molecular flexibility index (Phi) is 4.19. The molecule has 1 aromatic carbocycles. The molecular weight excluding hydrogens is 302 g/mol. The first-order valence-electron chi connectivity index (χ1n) is 6.86. The molecule has 0 unspecified atom stereocenters. The van der Waals surface area contributed by atoms with Gasteiger partial charge in [-0.15, -0.1) is 11.3 Å². The molecule has 0 fully saturated rings. The van der Waals surface area contributed by atoms with Crippen molar-refractivity contribution in [2.45, 2.75) is 26.4 Å². The molecule has 21 heavy (non-hydrogen) atoms. The summed E-state index contributed by atoms with van der Waals surface area (Å²) >= 11 is 7.88. The average molecular weight is 318 g/mol. The summed E-state index contributed by atoms with van der Waals surface area (Å²) < 4.78 is 0. The number of nitrogens with one attached hydrogen (secondary N) is 1. The first kappa shape index (κ1) is 14.4. The molecule has 0 atom stereocenters. The zero-order chi connectivity index (χ0) is 14.8. The van der Waals surface area contributed by atoms with Crippen LogP contribution in [0.4, 0.5) is 0 Å². The van der Waals surface area contributed by atoms with Gasteiger partial charge in [-0.25, -0.2) is 4.98 Å². The second-order valence-corrected chi connectivity index (χ2v) is 6.44. The van der Waals surface area contributed by atoms with Crippen LogP contribution in [0.3, 0.4) is 0 Å². The lowest BCUT2D eigenvalue weighted by molar-refractivity contribution is 0.583. The standard InChI is InChI=1S/C16H16ClN3S/c1-10(2)19-8-11-9-21-16(20-11)13-5-6-14(17)12-4-3-7-18-15(12)13/h3-7,9-10,19H,8H2,1-2H3. The number of pyridine rings is 1. The van der Waals surface area contributed by atoms with Crippen LogP contribution in [0.2, 0.25) is 5.02 Å². The van der Waals surface area contributed by atoms with Crippen molar-refractivity contribution in [3.8, 4) is 10.6 Å². The second kappa shape index (κ2) is 6.10. The molecule has 5 heteroatoms. The highest BCUT2D eigenvalue weighted by molar-refractivity contribution is 7.13. The summed E-state index contributed by atoms with van der Waals surface area (Å²) in [6, 6.07) is 8.25. The van der Waals surface area contributed by atoms with Crippen molar-refractivity contribution in [1.82, 2.24) is 15.3 Å². The van der Waals surface area contributed by atoms with E-state index in [1.165, 1.54) is 0 Å². The smallest absolute Gasteiger partial charge is 0.125 e. The molecule has 0 aliphatic carbocycles. The molecule has 0 radical (unpaired) electrons. The summed E-state index contributed by atoms with van der Waals surface area (Å²) in [4.78, 5) is 9.17. The fourth-order valence-electron chi connectivity index (χ4n) is 2.13. The molecule has 2 aromatic heterocycles. The molecular formula is C16H16ClN3S. The number of fused-ring (bicyclic) bond motifs is 1. The van der Waals surface area contributed by atoms with Gasteiger partial charge >= 0.3 is 0 Å². The third-order valence-corrected chi connectivity index (χ3v) is 4.44. The monoisotopic (exact) mass is 317 g/mol. The number of aromatic nitrogens is 2. The molecule has 1 N–H and O–H groups in total. The fourth-order valence-corrected chi connectivity index (χ4v) is 3.19. The predicted molar refractivity (Wildman–Crippen MR) is 89.8 cm³/mol. The minimum Gasteiger partial charge on any atom is -0.309 e. The Balaban J connectivity index is 1.99. The normalized spacial score (nSPS) is 11.4. The van der Waals surface area contributed by atoms with Crippen molar-refractivity contribution in [1.29, 1.82) is 0 Å². The molecule has 3 rings (SSSR count). The Morgan fingerprint density at radius 1 is 1.29 bits per heavy atom. The lowest BCUT2D eigenvalue weighted by Gasteiger charge is -2.05. The lowest BCUT2D eigenvalue weighted by atomic mass is 10.1. The van der Waals surface area contributed by atoms with Crippen molar-refractivity contribution >= 4 is 33.8 Å². The lowest BCUT2D eigenvalue weighted by Crippen LogP contribution is -2.21. The van der Waals surface area contributed by atoms with Crippen molar-refractivity contribution < 1.29 is 0 Å². The van der Waals surface area contributed by atoms with Gasteiger partial charge in [0.05, 0.1) is 16.2 Å². The summed E-state index contributed by atoms with van der Waals surface area (Å²) in [7, 11) is 0. The molecule has 3 aromatic rings. The Labute approximate surface area is 133 Å². The van der Waals surface area contributed by atoms with E-state index in [1.807, 2.05) is 24.3 Å². The molecule has 0 saturated heterocycles. The Morgan fingerprint density at radius 2 is 2.14 bits per heavy atom. The quantitative estimate of drug-likeness (QED) is 0.769. The van der Waals surface area contributed by atoms with E-state index >= 15 is 0 Å². The largest absolute Gasteiger partial charge is 0.309 e. The van der Waals surface area contributed by atoms with Crippen LogP contribution in [-0.2, 0) is 6.54 Å². The summed E-state index contributed by atoms with van der Waals surface area (Å²) in [6.45, 7) is 5.04. The number of halogens is 1. The van der Waals surface area contributed by atoms with E-state index in [4.69, 9.17) is 16.6 Å². The molecule has 0 aliphatic rings. The molecule has 0 bridgehead atoms. The predicted octanol–water partition coefficient (Wildman–Crippen LogP) is 4.51. The highest BCUT2D eigenvalue weighted by Gasteiger charge is 2.11. The summed E-state index contributed by atoms with van der Waals surface area (Å²) in [5.74, 6) is 0. The highest BCUT2D eigenvalue weighted by Crippen LogP contribution is 2.33. The second-order valence-electron chi connectivity index (χ2n) is 5.17. The number of nitrogens with zero attached hydrogens (tertiary/aromatic N) is 2. The molecule has 3 nitrogen and oxygen atoms in total. The zero-order valence-corrected chi connectivity index (χ0v) is 13.5. The highest BCUT2D eigenvalue weighted by atomic mass is 35.5. The van der Waals surface area contributed by atoms with Gasteiger partial charge < -0.3 is 5.32 Å². The van der Waals surface area contributed by atoms with Gasteiger partial charge in [-0.05, 0) is 24.3 Å². The van der Waals surface area contributed by atoms with Crippen molar-refractivity contribution in [3.63, 3.8) is 0 Å². The van der Waals surface area contributed by atoms with Gasteiger partial charge in [0.25, 0.3) is 0 Å². The number of hydrogen-bond acceptors (Lipinski definition) is 4. The Morgan fingerprint density at radius 3 is 2.95 bits per heavy atom. The molecule has 0 aliphatic heterocycles. The van der Waals surface area contributed by atoms with Gasteiger partial charge in [0.1, 0.15) is 5.01 Å². The Hall–Kier alpha value is -1.49. The Bertz CT molecular complexity index is 767. The van der Waals surface area contributed by atoms with Gasteiger partial charge in [-0.3, -0.25) is 4.98 Å². The SMILES string of the molecule is CC(C)NCc1csc(-c2ccc(Cl)c3cccnc23)n1. The molecule has 108 valence electrons. The van der Waals surface area contributed by atoms with Crippen molar-refractivity contribution in [2.75, 3.05) is 0 Å². The fraction of sp³-hybridized carbons (Fsp3) is 0.250. The van der Waals surface area contributed by atoms with E-state index in [-0.39, 0.29) is 0 Å². The summed E-state index contributed by atoms with van der Waals surface area (Å²) in [5, 5.41) is 8.14. The number of benzene rings is 1. The molecule has 0 saturated carbocycles. The van der Waals surface area contributed by atoms with Crippen LogP contribution in [0, 0.1) is 0 Å². The van der Waals surface area contributed by atoms with Crippen LogP contribution in [-0.4, -0.2) is 16.0 Å². The molecule has 2 heterocycles. The number of rotatable bonds is 4. The van der Waals surface area contributed by atoms with Crippen LogP contribution in [0.25, 0.3) is 21.5 Å². The van der Waals surface area contributed by atoms with Gasteiger partial charge in [0.2, 0.25) is 0 Å². The van der Waals surface area contributed by atoms with Crippen molar-refractivity contribution in [2.24, 2.45) is 0 Å².